The van der Waals surface area contributed by atoms with Gasteiger partial charge >= 0.3 is 0 Å². The number of rotatable bonds is 6. The first-order valence-electron chi connectivity index (χ1n) is 5.22. The van der Waals surface area contributed by atoms with Crippen molar-refractivity contribution in [2.24, 2.45) is 0 Å². The molecule has 0 amide bonds. The second kappa shape index (κ2) is 8.06. The van der Waals surface area contributed by atoms with E-state index in [4.69, 9.17) is 0 Å². The molecule has 0 rings (SSSR count). The fourth-order valence-electron chi connectivity index (χ4n) is 0.865. The summed E-state index contributed by atoms with van der Waals surface area (Å²) in [5, 5.41) is 3.36. The third-order valence-corrected chi connectivity index (χ3v) is 2.31. The number of hydrogen-bond donors (Lipinski definition) is 1. The summed E-state index contributed by atoms with van der Waals surface area (Å²) in [5.74, 6) is 0. The van der Waals surface area contributed by atoms with Crippen LogP contribution in [0.2, 0.25) is 0 Å². The second-order valence-electron chi connectivity index (χ2n) is 3.47. The zero-order chi connectivity index (χ0) is 10.1. The summed E-state index contributed by atoms with van der Waals surface area (Å²) in [6.07, 6.45) is 6.83. The maximum atomic E-state index is 3.36. The lowest BCUT2D eigenvalue weighted by molar-refractivity contribution is 0.827. The molecule has 1 heteroatoms. The van der Waals surface area contributed by atoms with E-state index < -0.39 is 0 Å². The summed E-state index contributed by atoms with van der Waals surface area (Å²) in [5.41, 5.74) is 2.92. The van der Waals surface area contributed by atoms with E-state index in [1.54, 1.807) is 0 Å². The van der Waals surface area contributed by atoms with Crippen molar-refractivity contribution in [1.82, 2.24) is 5.32 Å². The van der Waals surface area contributed by atoms with Crippen molar-refractivity contribution in [2.45, 2.75) is 40.5 Å². The van der Waals surface area contributed by atoms with Crippen molar-refractivity contribution in [2.75, 3.05) is 13.1 Å². The lowest BCUT2D eigenvalue weighted by Crippen LogP contribution is -2.13. The van der Waals surface area contributed by atoms with Crippen molar-refractivity contribution >= 4 is 0 Å². The Morgan fingerprint density at radius 1 is 0.923 bits per heavy atom. The number of nitrogens with one attached hydrogen (secondary N) is 1. The first kappa shape index (κ1) is 12.4. The SMILES string of the molecule is CCC(C)=CCNCC=C(C)CC. The molecule has 1 N–H and O–H groups in total. The highest BCUT2D eigenvalue weighted by Gasteiger charge is 1.85. The topological polar surface area (TPSA) is 12.0 Å². The molecule has 0 aliphatic heterocycles. The highest BCUT2D eigenvalue weighted by molar-refractivity contribution is 5.00. The Hall–Kier alpha value is -0.560. The molecule has 0 spiro atoms. The highest BCUT2D eigenvalue weighted by Crippen LogP contribution is 1.97. The van der Waals surface area contributed by atoms with Gasteiger partial charge in [-0.25, -0.2) is 0 Å². The minimum atomic E-state index is 0.993. The Morgan fingerprint density at radius 3 is 1.62 bits per heavy atom. The van der Waals surface area contributed by atoms with Crippen LogP contribution in [0, 0.1) is 0 Å². The fourth-order valence-corrected chi connectivity index (χ4v) is 0.865. The van der Waals surface area contributed by atoms with Crippen molar-refractivity contribution in [3.05, 3.63) is 23.3 Å². The van der Waals surface area contributed by atoms with Crippen LogP contribution < -0.4 is 5.32 Å². The van der Waals surface area contributed by atoms with Gasteiger partial charge in [0.2, 0.25) is 0 Å². The van der Waals surface area contributed by atoms with Crippen LogP contribution in [-0.4, -0.2) is 13.1 Å². The molecule has 0 fully saturated rings. The van der Waals surface area contributed by atoms with E-state index in [0.717, 1.165) is 25.9 Å². The molecule has 76 valence electrons. The second-order valence-corrected chi connectivity index (χ2v) is 3.47. The summed E-state index contributed by atoms with van der Waals surface area (Å²) in [7, 11) is 0. The Labute approximate surface area is 82.9 Å². The van der Waals surface area contributed by atoms with Crippen LogP contribution in [-0.2, 0) is 0 Å². The van der Waals surface area contributed by atoms with Gasteiger partial charge in [-0.3, -0.25) is 0 Å². The minimum Gasteiger partial charge on any atom is -0.310 e. The average molecular weight is 181 g/mol. The molecule has 0 aromatic carbocycles. The van der Waals surface area contributed by atoms with Crippen molar-refractivity contribution in [3.63, 3.8) is 0 Å². The van der Waals surface area contributed by atoms with Crippen molar-refractivity contribution in [1.29, 1.82) is 0 Å². The molecule has 13 heavy (non-hydrogen) atoms. The summed E-state index contributed by atoms with van der Waals surface area (Å²) in [6, 6.07) is 0. The summed E-state index contributed by atoms with van der Waals surface area (Å²) in [6.45, 7) is 10.7. The van der Waals surface area contributed by atoms with E-state index in [9.17, 15) is 0 Å². The molecule has 0 saturated carbocycles. The van der Waals surface area contributed by atoms with Gasteiger partial charge in [-0.1, -0.05) is 37.1 Å². The van der Waals surface area contributed by atoms with Gasteiger partial charge in [0, 0.05) is 13.1 Å². The smallest absolute Gasteiger partial charge is 0.0140 e. The maximum absolute atomic E-state index is 3.36. The van der Waals surface area contributed by atoms with Gasteiger partial charge in [-0.15, -0.1) is 0 Å². The summed E-state index contributed by atoms with van der Waals surface area (Å²) in [4.78, 5) is 0. The fraction of sp³-hybridized carbons (Fsp3) is 0.667. The normalized spacial score (nSPS) is 13.5. The van der Waals surface area contributed by atoms with E-state index in [0.29, 0.717) is 0 Å². The van der Waals surface area contributed by atoms with Crippen LogP contribution in [0.1, 0.15) is 40.5 Å². The predicted octanol–water partition coefficient (Wildman–Crippen LogP) is 3.29. The molecule has 0 aromatic rings. The molecule has 0 heterocycles. The molecule has 0 atom stereocenters. The molecule has 0 radical (unpaired) electrons. The number of hydrogen-bond acceptors (Lipinski definition) is 1. The zero-order valence-corrected chi connectivity index (χ0v) is 9.48. The molecule has 0 unspecified atom stereocenters. The van der Waals surface area contributed by atoms with Gasteiger partial charge in [0.25, 0.3) is 0 Å². The quantitative estimate of drug-likeness (QED) is 0.490. The van der Waals surface area contributed by atoms with Crippen LogP contribution in [0.15, 0.2) is 23.3 Å². The van der Waals surface area contributed by atoms with Crippen LogP contribution >= 0.6 is 0 Å². The molecule has 1 nitrogen and oxygen atoms in total. The van der Waals surface area contributed by atoms with Gasteiger partial charge in [-0.2, -0.15) is 0 Å². The highest BCUT2D eigenvalue weighted by atomic mass is 14.8. The Balaban J connectivity index is 3.47. The zero-order valence-electron chi connectivity index (χ0n) is 9.48. The predicted molar refractivity (Wildman–Crippen MR) is 61.0 cm³/mol. The number of allylic oxidation sites excluding steroid dienone is 2. The lowest BCUT2D eigenvalue weighted by Gasteiger charge is -1.99. The molecule has 0 aliphatic carbocycles. The van der Waals surface area contributed by atoms with E-state index in [2.05, 4.69) is 45.2 Å². The maximum Gasteiger partial charge on any atom is 0.0140 e. The van der Waals surface area contributed by atoms with E-state index >= 15 is 0 Å². The first-order chi connectivity index (χ1) is 6.20. The largest absolute Gasteiger partial charge is 0.310 e. The third-order valence-electron chi connectivity index (χ3n) is 2.31. The molecule has 0 saturated heterocycles. The van der Waals surface area contributed by atoms with Crippen LogP contribution in [0.5, 0.6) is 0 Å². The summed E-state index contributed by atoms with van der Waals surface area (Å²) >= 11 is 0. The molecule has 0 bridgehead atoms. The standard InChI is InChI=1S/C12H23N/c1-5-11(3)7-9-13-10-8-12(4)6-2/h7-8,13H,5-6,9-10H2,1-4H3. The van der Waals surface area contributed by atoms with Gasteiger partial charge in [0.05, 0.1) is 0 Å². The van der Waals surface area contributed by atoms with Gasteiger partial charge in [0.15, 0.2) is 0 Å². The van der Waals surface area contributed by atoms with Crippen LogP contribution in [0.3, 0.4) is 0 Å². The van der Waals surface area contributed by atoms with Crippen molar-refractivity contribution in [3.8, 4) is 0 Å². The molecular formula is C12H23N. The van der Waals surface area contributed by atoms with Gasteiger partial charge in [-0.05, 0) is 26.7 Å². The molecule has 0 aromatic heterocycles. The Kier molecular flexibility index (Phi) is 7.71. The molecule has 0 aliphatic rings. The molecular weight excluding hydrogens is 158 g/mol. The van der Waals surface area contributed by atoms with Crippen LogP contribution in [0.25, 0.3) is 0 Å². The third kappa shape index (κ3) is 7.79. The minimum absolute atomic E-state index is 0.993. The van der Waals surface area contributed by atoms with E-state index in [1.165, 1.54) is 11.1 Å². The lowest BCUT2D eigenvalue weighted by atomic mass is 10.2. The van der Waals surface area contributed by atoms with Gasteiger partial charge in [0.1, 0.15) is 0 Å². The first-order valence-corrected chi connectivity index (χ1v) is 5.22. The Bertz CT molecular complexity index is 158. The monoisotopic (exact) mass is 181 g/mol. The average Bonchev–Trinajstić information content (AvgIpc) is 2.16. The van der Waals surface area contributed by atoms with Gasteiger partial charge < -0.3 is 5.32 Å². The van der Waals surface area contributed by atoms with E-state index in [1.807, 2.05) is 0 Å². The Morgan fingerprint density at radius 2 is 1.31 bits per heavy atom. The van der Waals surface area contributed by atoms with Crippen LogP contribution in [0.4, 0.5) is 0 Å². The van der Waals surface area contributed by atoms with E-state index in [-0.39, 0.29) is 0 Å². The summed E-state index contributed by atoms with van der Waals surface area (Å²) < 4.78 is 0. The van der Waals surface area contributed by atoms with Crippen molar-refractivity contribution < 1.29 is 0 Å².